The molecule has 0 amide bonds. The zero-order valence-electron chi connectivity index (χ0n) is 6.37. The van der Waals surface area contributed by atoms with Gasteiger partial charge in [-0.2, -0.15) is 0 Å². The minimum absolute atomic E-state index is 0.544. The van der Waals surface area contributed by atoms with Crippen LogP contribution in [0.1, 0.15) is 5.56 Å². The van der Waals surface area contributed by atoms with Gasteiger partial charge in [-0.3, -0.25) is 4.40 Å². The summed E-state index contributed by atoms with van der Waals surface area (Å²) in [6.45, 7) is 0.544. The molecule has 3 nitrogen and oxygen atoms in total. The molecule has 2 heterocycles. The minimum Gasteiger partial charge on any atom is -0.326 e. The Hall–Kier alpha value is -0.870. The van der Waals surface area contributed by atoms with Crippen LogP contribution in [-0.2, 0) is 6.54 Å². The zero-order valence-corrected chi connectivity index (χ0v) is 7.95. The number of aromatic nitrogens is 2. The van der Waals surface area contributed by atoms with E-state index in [1.165, 1.54) is 0 Å². The lowest BCUT2D eigenvalue weighted by Crippen LogP contribution is -1.98. The fourth-order valence-electron chi connectivity index (χ4n) is 1.22. The Kier molecular flexibility index (Phi) is 1.86. The topological polar surface area (TPSA) is 43.3 Å². The third-order valence-electron chi connectivity index (χ3n) is 1.83. The van der Waals surface area contributed by atoms with Gasteiger partial charge in [0.25, 0.3) is 0 Å². The van der Waals surface area contributed by atoms with Crippen molar-refractivity contribution in [3.63, 3.8) is 0 Å². The average molecular weight is 226 g/mol. The van der Waals surface area contributed by atoms with E-state index < -0.39 is 0 Å². The molecule has 2 N–H and O–H groups in total. The fraction of sp³-hybridized carbons (Fsp3) is 0.125. The van der Waals surface area contributed by atoms with Gasteiger partial charge in [-0.15, -0.1) is 0 Å². The van der Waals surface area contributed by atoms with E-state index in [4.69, 9.17) is 5.73 Å². The molecule has 0 unspecified atom stereocenters. The molecule has 0 bridgehead atoms. The number of nitrogens with zero attached hydrogens (tertiary/aromatic N) is 2. The summed E-state index contributed by atoms with van der Waals surface area (Å²) in [5.74, 6) is 0. The molecule has 0 aromatic carbocycles. The molecule has 0 radical (unpaired) electrons. The number of imidazole rings is 1. The molecule has 0 atom stereocenters. The maximum absolute atomic E-state index is 5.57. The zero-order chi connectivity index (χ0) is 8.55. The van der Waals surface area contributed by atoms with Crippen molar-refractivity contribution in [1.82, 2.24) is 9.38 Å². The van der Waals surface area contributed by atoms with Gasteiger partial charge in [-0.25, -0.2) is 4.98 Å². The predicted octanol–water partition coefficient (Wildman–Crippen LogP) is 1.56. The molecular weight excluding hydrogens is 218 g/mol. The molecule has 0 aliphatic carbocycles. The summed E-state index contributed by atoms with van der Waals surface area (Å²) in [4.78, 5) is 4.13. The van der Waals surface area contributed by atoms with Crippen molar-refractivity contribution < 1.29 is 0 Å². The lowest BCUT2D eigenvalue weighted by molar-refractivity contribution is 1.04. The van der Waals surface area contributed by atoms with Crippen LogP contribution in [-0.4, -0.2) is 9.38 Å². The maximum atomic E-state index is 5.57. The van der Waals surface area contributed by atoms with Crippen LogP contribution in [0, 0.1) is 0 Å². The second kappa shape index (κ2) is 2.88. The first-order valence-electron chi connectivity index (χ1n) is 3.63. The molecule has 2 rings (SSSR count). The number of hydrogen-bond donors (Lipinski definition) is 1. The molecule has 0 spiro atoms. The lowest BCUT2D eigenvalue weighted by atomic mass is 10.2. The Morgan fingerprint density at radius 2 is 2.42 bits per heavy atom. The van der Waals surface area contributed by atoms with Gasteiger partial charge >= 0.3 is 0 Å². The largest absolute Gasteiger partial charge is 0.326 e. The van der Waals surface area contributed by atoms with E-state index in [2.05, 4.69) is 20.9 Å². The molecule has 4 heteroatoms. The summed E-state index contributed by atoms with van der Waals surface area (Å²) in [6, 6.07) is 3.96. The smallest absolute Gasteiger partial charge is 0.181 e. The van der Waals surface area contributed by atoms with Crippen molar-refractivity contribution in [2.45, 2.75) is 6.54 Å². The summed E-state index contributed by atoms with van der Waals surface area (Å²) in [5, 5.41) is 0. The molecule has 0 aliphatic heterocycles. The molecule has 0 saturated carbocycles. The van der Waals surface area contributed by atoms with Crippen LogP contribution in [0.5, 0.6) is 0 Å². The molecule has 2 aromatic rings. The van der Waals surface area contributed by atoms with Crippen molar-refractivity contribution in [2.24, 2.45) is 5.73 Å². The van der Waals surface area contributed by atoms with Crippen LogP contribution in [0.2, 0.25) is 0 Å². The van der Waals surface area contributed by atoms with Gasteiger partial charge in [0.2, 0.25) is 0 Å². The highest BCUT2D eigenvalue weighted by molar-refractivity contribution is 9.10. The number of pyridine rings is 1. The van der Waals surface area contributed by atoms with E-state index in [-0.39, 0.29) is 0 Å². The maximum Gasteiger partial charge on any atom is 0.181 e. The predicted molar refractivity (Wildman–Crippen MR) is 50.8 cm³/mol. The van der Waals surface area contributed by atoms with Crippen molar-refractivity contribution in [3.8, 4) is 0 Å². The van der Waals surface area contributed by atoms with E-state index >= 15 is 0 Å². The van der Waals surface area contributed by atoms with Gasteiger partial charge in [0.15, 0.2) is 4.73 Å². The van der Waals surface area contributed by atoms with Crippen molar-refractivity contribution in [2.75, 3.05) is 0 Å². The molecule has 0 aliphatic rings. The third-order valence-corrected chi connectivity index (χ3v) is 2.42. The first-order valence-corrected chi connectivity index (χ1v) is 4.43. The van der Waals surface area contributed by atoms with Gasteiger partial charge in [0.05, 0.1) is 11.7 Å². The first kappa shape index (κ1) is 7.76. The summed E-state index contributed by atoms with van der Waals surface area (Å²) >= 11 is 3.34. The van der Waals surface area contributed by atoms with Gasteiger partial charge in [-0.1, -0.05) is 6.07 Å². The highest BCUT2D eigenvalue weighted by Crippen LogP contribution is 2.15. The van der Waals surface area contributed by atoms with Gasteiger partial charge in [0.1, 0.15) is 0 Å². The summed E-state index contributed by atoms with van der Waals surface area (Å²) in [5.41, 5.74) is 7.74. The number of halogens is 1. The summed E-state index contributed by atoms with van der Waals surface area (Å²) in [6.07, 6.45) is 3.76. The summed E-state index contributed by atoms with van der Waals surface area (Å²) in [7, 11) is 0. The van der Waals surface area contributed by atoms with E-state index in [0.29, 0.717) is 6.54 Å². The van der Waals surface area contributed by atoms with Gasteiger partial charge < -0.3 is 5.73 Å². The standard InChI is InChI=1S/C8H8BrN3/c9-8-11-5-7-6(4-10)2-1-3-12(7)8/h1-3,5H,4,10H2. The highest BCUT2D eigenvalue weighted by Gasteiger charge is 2.02. The van der Waals surface area contributed by atoms with Gasteiger partial charge in [-0.05, 0) is 27.6 Å². The Morgan fingerprint density at radius 1 is 1.58 bits per heavy atom. The monoisotopic (exact) mass is 225 g/mol. The second-order valence-corrected chi connectivity index (χ2v) is 3.23. The second-order valence-electron chi connectivity index (χ2n) is 2.52. The SMILES string of the molecule is NCc1cccn2c(Br)ncc12. The van der Waals surface area contributed by atoms with E-state index in [1.807, 2.05) is 28.9 Å². The van der Waals surface area contributed by atoms with Crippen LogP contribution in [0.3, 0.4) is 0 Å². The van der Waals surface area contributed by atoms with Crippen LogP contribution in [0.25, 0.3) is 5.52 Å². The van der Waals surface area contributed by atoms with E-state index in [9.17, 15) is 0 Å². The van der Waals surface area contributed by atoms with Crippen LogP contribution < -0.4 is 5.73 Å². The Morgan fingerprint density at radius 3 is 3.17 bits per heavy atom. The molecular formula is C8H8BrN3. The number of fused-ring (bicyclic) bond motifs is 1. The Labute approximate surface area is 78.3 Å². The highest BCUT2D eigenvalue weighted by atomic mass is 79.9. The van der Waals surface area contributed by atoms with Crippen molar-refractivity contribution in [3.05, 3.63) is 34.8 Å². The van der Waals surface area contributed by atoms with E-state index in [1.54, 1.807) is 0 Å². The molecule has 2 aromatic heterocycles. The van der Waals surface area contributed by atoms with E-state index in [0.717, 1.165) is 15.8 Å². The van der Waals surface area contributed by atoms with Crippen LogP contribution in [0.4, 0.5) is 0 Å². The molecule has 62 valence electrons. The van der Waals surface area contributed by atoms with Crippen molar-refractivity contribution >= 4 is 21.4 Å². The first-order chi connectivity index (χ1) is 5.83. The third kappa shape index (κ3) is 1.04. The normalized spacial score (nSPS) is 10.8. The molecule has 0 saturated heterocycles. The Balaban J connectivity index is 2.81. The summed E-state index contributed by atoms with van der Waals surface area (Å²) < 4.78 is 2.77. The lowest BCUT2D eigenvalue weighted by Gasteiger charge is -1.99. The molecule has 0 fully saturated rings. The van der Waals surface area contributed by atoms with Crippen LogP contribution >= 0.6 is 15.9 Å². The number of nitrogens with two attached hydrogens (primary N) is 1. The fourth-order valence-corrected chi connectivity index (χ4v) is 1.63. The Bertz CT molecular complexity index is 408. The van der Waals surface area contributed by atoms with Crippen molar-refractivity contribution in [1.29, 1.82) is 0 Å². The minimum atomic E-state index is 0.544. The molecule has 12 heavy (non-hydrogen) atoms. The quantitative estimate of drug-likeness (QED) is 0.801. The number of hydrogen-bond acceptors (Lipinski definition) is 2. The van der Waals surface area contributed by atoms with Gasteiger partial charge in [0, 0.05) is 12.7 Å². The van der Waals surface area contributed by atoms with Crippen LogP contribution in [0.15, 0.2) is 29.3 Å². The average Bonchev–Trinajstić information content (AvgIpc) is 2.48. The number of rotatable bonds is 1.